The average molecular weight is 239 g/mol. The zero-order valence-corrected chi connectivity index (χ0v) is 9.34. The van der Waals surface area contributed by atoms with Crippen molar-refractivity contribution in [2.45, 2.75) is 12.0 Å². The number of carboxylic acid groups (broad SMARTS) is 1. The average Bonchev–Trinajstić information content (AvgIpc) is 2.87. The van der Waals surface area contributed by atoms with E-state index in [0.717, 1.165) is 0 Å². The summed E-state index contributed by atoms with van der Waals surface area (Å²) in [5.74, 6) is -1.53. The highest BCUT2D eigenvalue weighted by Gasteiger charge is 2.44. The van der Waals surface area contributed by atoms with Crippen molar-refractivity contribution in [1.82, 2.24) is 15.1 Å². The molecule has 1 fully saturated rings. The van der Waals surface area contributed by atoms with Gasteiger partial charge >= 0.3 is 5.97 Å². The first-order valence-corrected chi connectivity index (χ1v) is 5.16. The maximum Gasteiger partial charge on any atom is 0.331 e. The fraction of sp³-hybridized carbons (Fsp3) is 0.500. The first kappa shape index (κ1) is 11.6. The minimum atomic E-state index is -1.31. The predicted molar refractivity (Wildman–Crippen MR) is 56.5 cm³/mol. The van der Waals surface area contributed by atoms with E-state index in [1.54, 1.807) is 7.05 Å². The molecule has 1 aromatic heterocycles. The standard InChI is InChI=1S/C10H13N3O4/c1-13-5-7(4-11-13)8(14)12-10(9(15)16)2-3-17-6-10/h4-5H,2-3,6H2,1H3,(H,12,14)(H,15,16). The van der Waals surface area contributed by atoms with E-state index in [0.29, 0.717) is 12.2 Å². The van der Waals surface area contributed by atoms with Crippen molar-refractivity contribution < 1.29 is 19.4 Å². The van der Waals surface area contributed by atoms with Crippen LogP contribution in [0, 0.1) is 0 Å². The molecule has 2 heterocycles. The molecule has 1 aliphatic rings. The zero-order chi connectivity index (χ0) is 12.5. The number of nitrogens with one attached hydrogen (secondary N) is 1. The minimum Gasteiger partial charge on any atom is -0.479 e. The third-order valence-electron chi connectivity index (χ3n) is 2.75. The zero-order valence-electron chi connectivity index (χ0n) is 9.34. The summed E-state index contributed by atoms with van der Waals surface area (Å²) in [6.07, 6.45) is 3.19. The molecule has 1 atom stereocenters. The molecule has 2 rings (SSSR count). The van der Waals surface area contributed by atoms with E-state index in [4.69, 9.17) is 9.84 Å². The van der Waals surface area contributed by atoms with Gasteiger partial charge in [-0.1, -0.05) is 0 Å². The van der Waals surface area contributed by atoms with Crippen LogP contribution in [0.5, 0.6) is 0 Å². The van der Waals surface area contributed by atoms with Crippen LogP contribution in [0.3, 0.4) is 0 Å². The topological polar surface area (TPSA) is 93.5 Å². The summed E-state index contributed by atoms with van der Waals surface area (Å²) in [4.78, 5) is 23.0. The molecule has 0 saturated carbocycles. The fourth-order valence-corrected chi connectivity index (χ4v) is 1.71. The van der Waals surface area contributed by atoms with Gasteiger partial charge in [-0.2, -0.15) is 5.10 Å². The highest BCUT2D eigenvalue weighted by Crippen LogP contribution is 2.19. The Hall–Kier alpha value is -1.89. The third kappa shape index (κ3) is 2.14. The molecule has 1 unspecified atom stereocenters. The van der Waals surface area contributed by atoms with E-state index in [1.807, 2.05) is 0 Å². The van der Waals surface area contributed by atoms with Crippen molar-refractivity contribution in [3.05, 3.63) is 18.0 Å². The lowest BCUT2D eigenvalue weighted by atomic mass is 9.98. The monoisotopic (exact) mass is 239 g/mol. The lowest BCUT2D eigenvalue weighted by Gasteiger charge is -2.23. The molecule has 0 bridgehead atoms. The Morgan fingerprint density at radius 2 is 2.41 bits per heavy atom. The number of ether oxygens (including phenoxy) is 1. The summed E-state index contributed by atoms with van der Waals surface area (Å²) < 4.78 is 6.53. The lowest BCUT2D eigenvalue weighted by Crippen LogP contribution is -2.55. The number of carbonyl (C=O) groups is 2. The number of aromatic nitrogens is 2. The van der Waals surface area contributed by atoms with Crippen LogP contribution in [-0.2, 0) is 16.6 Å². The molecular weight excluding hydrogens is 226 g/mol. The Morgan fingerprint density at radius 3 is 2.88 bits per heavy atom. The largest absolute Gasteiger partial charge is 0.479 e. The molecule has 7 heteroatoms. The van der Waals surface area contributed by atoms with Crippen LogP contribution in [-0.4, -0.2) is 45.5 Å². The quantitative estimate of drug-likeness (QED) is 0.734. The van der Waals surface area contributed by atoms with Gasteiger partial charge in [-0.15, -0.1) is 0 Å². The van der Waals surface area contributed by atoms with Crippen LogP contribution in [0.1, 0.15) is 16.8 Å². The fourth-order valence-electron chi connectivity index (χ4n) is 1.71. The number of hydrogen-bond acceptors (Lipinski definition) is 4. The Morgan fingerprint density at radius 1 is 1.65 bits per heavy atom. The summed E-state index contributed by atoms with van der Waals surface area (Å²) >= 11 is 0. The normalized spacial score (nSPS) is 23.6. The second kappa shape index (κ2) is 4.17. The minimum absolute atomic E-state index is 0.00562. The molecule has 17 heavy (non-hydrogen) atoms. The Balaban J connectivity index is 2.14. The van der Waals surface area contributed by atoms with Crippen molar-refractivity contribution in [2.75, 3.05) is 13.2 Å². The number of carbonyl (C=O) groups excluding carboxylic acids is 1. The summed E-state index contributed by atoms with van der Waals surface area (Å²) in [7, 11) is 1.68. The highest BCUT2D eigenvalue weighted by atomic mass is 16.5. The molecule has 0 aromatic carbocycles. The van der Waals surface area contributed by atoms with E-state index in [2.05, 4.69) is 10.4 Å². The SMILES string of the molecule is Cn1cc(C(=O)NC2(C(=O)O)CCOC2)cn1. The van der Waals surface area contributed by atoms with Crippen LogP contribution in [0.15, 0.2) is 12.4 Å². The van der Waals surface area contributed by atoms with Gasteiger partial charge in [0.25, 0.3) is 5.91 Å². The van der Waals surface area contributed by atoms with Gasteiger partial charge in [0, 0.05) is 26.3 Å². The second-order valence-corrected chi connectivity index (χ2v) is 4.05. The molecule has 1 aromatic rings. The van der Waals surface area contributed by atoms with Crippen LogP contribution in [0.25, 0.3) is 0 Å². The van der Waals surface area contributed by atoms with Gasteiger partial charge in [0.05, 0.1) is 18.4 Å². The van der Waals surface area contributed by atoms with E-state index in [1.165, 1.54) is 17.1 Å². The predicted octanol–water partition coefficient (Wildman–Crippen LogP) is -0.606. The number of hydrogen-bond donors (Lipinski definition) is 2. The van der Waals surface area contributed by atoms with Gasteiger partial charge in [0.1, 0.15) is 0 Å². The smallest absolute Gasteiger partial charge is 0.331 e. The van der Waals surface area contributed by atoms with Crippen LogP contribution < -0.4 is 5.32 Å². The number of aliphatic carboxylic acids is 1. The number of carboxylic acids is 1. The van der Waals surface area contributed by atoms with Crippen molar-refractivity contribution >= 4 is 11.9 Å². The van der Waals surface area contributed by atoms with E-state index in [9.17, 15) is 9.59 Å². The molecule has 92 valence electrons. The molecule has 0 aliphatic carbocycles. The molecule has 0 radical (unpaired) electrons. The maximum absolute atomic E-state index is 11.8. The molecule has 1 saturated heterocycles. The Labute approximate surface area is 97.4 Å². The van der Waals surface area contributed by atoms with E-state index in [-0.39, 0.29) is 13.0 Å². The molecule has 1 aliphatic heterocycles. The Kier molecular flexibility index (Phi) is 2.84. The van der Waals surface area contributed by atoms with Crippen LogP contribution in [0.2, 0.25) is 0 Å². The molecule has 7 nitrogen and oxygen atoms in total. The summed E-state index contributed by atoms with van der Waals surface area (Å²) in [6, 6.07) is 0. The van der Waals surface area contributed by atoms with Crippen molar-refractivity contribution in [3.63, 3.8) is 0 Å². The van der Waals surface area contributed by atoms with E-state index < -0.39 is 17.4 Å². The van der Waals surface area contributed by atoms with Gasteiger partial charge in [0.15, 0.2) is 5.54 Å². The van der Waals surface area contributed by atoms with Gasteiger partial charge in [0.2, 0.25) is 0 Å². The van der Waals surface area contributed by atoms with Gasteiger partial charge in [-0.25, -0.2) is 4.79 Å². The van der Waals surface area contributed by atoms with Crippen molar-refractivity contribution in [3.8, 4) is 0 Å². The number of nitrogens with zero attached hydrogens (tertiary/aromatic N) is 2. The Bertz CT molecular complexity index is 448. The molecule has 2 N–H and O–H groups in total. The lowest BCUT2D eigenvalue weighted by molar-refractivity contribution is -0.144. The number of amides is 1. The van der Waals surface area contributed by atoms with Gasteiger partial charge in [-0.05, 0) is 0 Å². The molecular formula is C10H13N3O4. The summed E-state index contributed by atoms with van der Waals surface area (Å²) in [6.45, 7) is 0.327. The molecule has 1 amide bonds. The second-order valence-electron chi connectivity index (χ2n) is 4.05. The van der Waals surface area contributed by atoms with Crippen molar-refractivity contribution in [2.24, 2.45) is 7.05 Å². The van der Waals surface area contributed by atoms with Crippen LogP contribution in [0.4, 0.5) is 0 Å². The first-order chi connectivity index (χ1) is 8.03. The highest BCUT2D eigenvalue weighted by molar-refractivity contribution is 5.97. The molecule has 0 spiro atoms. The number of rotatable bonds is 3. The van der Waals surface area contributed by atoms with Crippen molar-refractivity contribution in [1.29, 1.82) is 0 Å². The maximum atomic E-state index is 11.8. The van der Waals surface area contributed by atoms with E-state index >= 15 is 0 Å². The number of aryl methyl sites for hydroxylation is 1. The summed E-state index contributed by atoms with van der Waals surface area (Å²) in [5.41, 5.74) is -0.979. The van der Waals surface area contributed by atoms with Crippen LogP contribution >= 0.6 is 0 Å². The first-order valence-electron chi connectivity index (χ1n) is 5.16. The van der Waals surface area contributed by atoms with Gasteiger partial charge < -0.3 is 15.2 Å². The summed E-state index contributed by atoms with van der Waals surface area (Å²) in [5, 5.41) is 15.5. The van der Waals surface area contributed by atoms with Gasteiger partial charge in [-0.3, -0.25) is 9.48 Å². The third-order valence-corrected chi connectivity index (χ3v) is 2.75.